The molecule has 1 unspecified atom stereocenters. The second-order valence-corrected chi connectivity index (χ2v) is 7.13. The Bertz CT molecular complexity index is 494. The number of nitrogens with zero attached hydrogens (tertiary/aromatic N) is 1. The molecule has 0 spiro atoms. The van der Waals surface area contributed by atoms with Crippen LogP contribution in [0.4, 0.5) is 0 Å². The third-order valence-corrected chi connectivity index (χ3v) is 5.02. The maximum absolute atomic E-state index is 12.2. The van der Waals surface area contributed by atoms with Gasteiger partial charge in [-0.3, -0.25) is 4.79 Å². The van der Waals surface area contributed by atoms with Crippen molar-refractivity contribution in [2.45, 2.75) is 32.2 Å². The van der Waals surface area contributed by atoms with E-state index < -0.39 is 0 Å². The van der Waals surface area contributed by atoms with Gasteiger partial charge in [-0.25, -0.2) is 0 Å². The van der Waals surface area contributed by atoms with Crippen molar-refractivity contribution in [1.82, 2.24) is 15.5 Å². The quantitative estimate of drug-likeness (QED) is 0.886. The Kier molecular flexibility index (Phi) is 6.45. The molecule has 3 rings (SSSR count). The lowest BCUT2D eigenvalue weighted by Crippen LogP contribution is -2.47. The van der Waals surface area contributed by atoms with Gasteiger partial charge < -0.3 is 15.5 Å². The summed E-state index contributed by atoms with van der Waals surface area (Å²) in [6, 6.07) is 9.82. The van der Waals surface area contributed by atoms with Crippen LogP contribution in [0.3, 0.4) is 0 Å². The van der Waals surface area contributed by atoms with Crippen LogP contribution in [0.1, 0.15) is 36.5 Å². The number of carbonyl (C=O) groups is 1. The molecular formula is C18H28ClN3O. The molecule has 2 aliphatic heterocycles. The van der Waals surface area contributed by atoms with E-state index in [4.69, 9.17) is 0 Å². The number of nitrogens with one attached hydrogen (secondary N) is 2. The Morgan fingerprint density at radius 3 is 2.61 bits per heavy atom. The summed E-state index contributed by atoms with van der Waals surface area (Å²) >= 11 is 0. The Morgan fingerprint density at radius 2 is 2.00 bits per heavy atom. The lowest BCUT2D eigenvalue weighted by atomic mass is 9.88. The molecule has 2 heterocycles. The second kappa shape index (κ2) is 8.13. The highest BCUT2D eigenvalue weighted by Gasteiger charge is 2.32. The fraction of sp³-hybridized carbons (Fsp3) is 0.611. The highest BCUT2D eigenvalue weighted by atomic mass is 35.5. The summed E-state index contributed by atoms with van der Waals surface area (Å²) in [5, 5.41) is 6.65. The lowest BCUT2D eigenvalue weighted by molar-refractivity contribution is 0.0891. The van der Waals surface area contributed by atoms with Crippen LogP contribution in [0, 0.1) is 5.41 Å². The van der Waals surface area contributed by atoms with E-state index in [0.29, 0.717) is 11.5 Å². The number of piperidine rings is 1. The molecule has 0 aliphatic carbocycles. The molecule has 128 valence electrons. The lowest BCUT2D eigenvalue weighted by Gasteiger charge is -2.37. The van der Waals surface area contributed by atoms with Crippen LogP contribution in [0.2, 0.25) is 0 Å². The van der Waals surface area contributed by atoms with Gasteiger partial charge in [0.1, 0.15) is 0 Å². The van der Waals surface area contributed by atoms with Crippen molar-refractivity contribution < 1.29 is 4.79 Å². The van der Waals surface area contributed by atoms with E-state index in [-0.39, 0.29) is 18.3 Å². The predicted octanol–water partition coefficient (Wildman–Crippen LogP) is 2.30. The fourth-order valence-electron chi connectivity index (χ4n) is 3.64. The monoisotopic (exact) mass is 337 g/mol. The molecule has 1 amide bonds. The van der Waals surface area contributed by atoms with Gasteiger partial charge in [-0.05, 0) is 43.4 Å². The van der Waals surface area contributed by atoms with Gasteiger partial charge in [0.05, 0.1) is 0 Å². The molecule has 23 heavy (non-hydrogen) atoms. The Balaban J connectivity index is 0.00000192. The number of amides is 1. The van der Waals surface area contributed by atoms with Crippen LogP contribution < -0.4 is 10.6 Å². The molecule has 2 saturated heterocycles. The van der Waals surface area contributed by atoms with Crippen LogP contribution in [0.15, 0.2) is 30.3 Å². The van der Waals surface area contributed by atoms with Gasteiger partial charge in [-0.2, -0.15) is 0 Å². The van der Waals surface area contributed by atoms with E-state index in [0.717, 1.165) is 44.6 Å². The first kappa shape index (κ1) is 18.2. The molecule has 4 nitrogen and oxygen atoms in total. The molecule has 0 radical (unpaired) electrons. The predicted molar refractivity (Wildman–Crippen MR) is 96.2 cm³/mol. The highest BCUT2D eigenvalue weighted by molar-refractivity contribution is 5.94. The van der Waals surface area contributed by atoms with Crippen molar-refractivity contribution in [3.05, 3.63) is 35.9 Å². The van der Waals surface area contributed by atoms with Gasteiger partial charge in [0.15, 0.2) is 0 Å². The maximum atomic E-state index is 12.2. The van der Waals surface area contributed by atoms with Gasteiger partial charge in [0.25, 0.3) is 5.91 Å². The first-order valence-corrected chi connectivity index (χ1v) is 8.44. The summed E-state index contributed by atoms with van der Waals surface area (Å²) in [5.41, 5.74) is 1.19. The van der Waals surface area contributed by atoms with Crippen LogP contribution in [0.5, 0.6) is 0 Å². The summed E-state index contributed by atoms with van der Waals surface area (Å²) in [6.45, 7) is 8.04. The number of carbonyl (C=O) groups excluding carboxylic acids is 1. The van der Waals surface area contributed by atoms with Crippen molar-refractivity contribution in [2.24, 2.45) is 5.41 Å². The maximum Gasteiger partial charge on any atom is 0.251 e. The van der Waals surface area contributed by atoms with Crippen molar-refractivity contribution in [1.29, 1.82) is 0 Å². The van der Waals surface area contributed by atoms with E-state index >= 15 is 0 Å². The smallest absolute Gasteiger partial charge is 0.251 e. The minimum Gasteiger partial charge on any atom is -0.349 e. The Morgan fingerprint density at radius 1 is 1.30 bits per heavy atom. The van der Waals surface area contributed by atoms with Crippen LogP contribution in [0.25, 0.3) is 0 Å². The van der Waals surface area contributed by atoms with Gasteiger partial charge in [-0.1, -0.05) is 25.1 Å². The fourth-order valence-corrected chi connectivity index (χ4v) is 3.64. The third-order valence-electron chi connectivity index (χ3n) is 5.02. The van der Waals surface area contributed by atoms with Crippen LogP contribution in [-0.2, 0) is 0 Å². The molecule has 2 aliphatic rings. The Labute approximate surface area is 145 Å². The van der Waals surface area contributed by atoms with Gasteiger partial charge in [0.2, 0.25) is 0 Å². The number of hydrogen-bond acceptors (Lipinski definition) is 3. The molecule has 1 aromatic carbocycles. The number of rotatable bonds is 4. The summed E-state index contributed by atoms with van der Waals surface area (Å²) in [6.07, 6.45) is 3.39. The first-order valence-electron chi connectivity index (χ1n) is 8.44. The molecule has 5 heteroatoms. The van der Waals surface area contributed by atoms with Crippen molar-refractivity contribution >= 4 is 18.3 Å². The number of hydrogen-bond donors (Lipinski definition) is 2. The number of benzene rings is 1. The highest BCUT2D eigenvalue weighted by Crippen LogP contribution is 2.27. The van der Waals surface area contributed by atoms with Crippen LogP contribution >= 0.6 is 12.4 Å². The Hall–Kier alpha value is -1.10. The summed E-state index contributed by atoms with van der Waals surface area (Å²) in [7, 11) is 0. The first-order chi connectivity index (χ1) is 10.6. The average Bonchev–Trinajstić information content (AvgIpc) is 2.96. The van der Waals surface area contributed by atoms with E-state index in [2.05, 4.69) is 22.5 Å². The molecule has 0 aromatic heterocycles. The van der Waals surface area contributed by atoms with E-state index in [1.807, 2.05) is 30.3 Å². The minimum atomic E-state index is 0. The van der Waals surface area contributed by atoms with Gasteiger partial charge in [0, 0.05) is 37.8 Å². The third kappa shape index (κ3) is 4.93. The summed E-state index contributed by atoms with van der Waals surface area (Å²) < 4.78 is 0. The normalized spacial score (nSPS) is 25.8. The zero-order chi connectivity index (χ0) is 15.4. The average molecular weight is 338 g/mol. The molecule has 2 fully saturated rings. The van der Waals surface area contributed by atoms with Crippen molar-refractivity contribution in [3.63, 3.8) is 0 Å². The van der Waals surface area contributed by atoms with Crippen molar-refractivity contribution in [3.8, 4) is 0 Å². The molecule has 2 N–H and O–H groups in total. The van der Waals surface area contributed by atoms with Crippen LogP contribution in [-0.4, -0.2) is 49.6 Å². The van der Waals surface area contributed by atoms with E-state index in [1.54, 1.807) is 0 Å². The summed E-state index contributed by atoms with van der Waals surface area (Å²) in [5.74, 6) is 0.0611. The SMILES string of the molecule is CC1(CN2CCC(NC(=O)c3ccccc3)CC2)CCNC1.Cl. The molecule has 0 saturated carbocycles. The van der Waals surface area contributed by atoms with E-state index in [1.165, 1.54) is 13.0 Å². The molecule has 0 bridgehead atoms. The minimum absolute atomic E-state index is 0. The van der Waals surface area contributed by atoms with Gasteiger partial charge in [-0.15, -0.1) is 12.4 Å². The standard InChI is InChI=1S/C18H27N3O.ClH/c1-18(9-10-19-13-18)14-21-11-7-16(8-12-21)20-17(22)15-5-3-2-4-6-15;/h2-6,16,19H,7-14H2,1H3,(H,20,22);1H. The largest absolute Gasteiger partial charge is 0.349 e. The number of halogens is 1. The zero-order valence-corrected chi connectivity index (χ0v) is 14.7. The summed E-state index contributed by atoms with van der Waals surface area (Å²) in [4.78, 5) is 14.8. The zero-order valence-electron chi connectivity index (χ0n) is 13.9. The molecule has 1 aromatic rings. The number of likely N-dealkylation sites (tertiary alicyclic amines) is 1. The molecular weight excluding hydrogens is 310 g/mol. The van der Waals surface area contributed by atoms with E-state index in [9.17, 15) is 4.79 Å². The van der Waals surface area contributed by atoms with Gasteiger partial charge >= 0.3 is 0 Å². The van der Waals surface area contributed by atoms with Crippen molar-refractivity contribution in [2.75, 3.05) is 32.7 Å². The topological polar surface area (TPSA) is 44.4 Å². The molecule has 1 atom stereocenters. The second-order valence-electron chi connectivity index (χ2n) is 7.13.